The number of piperazine rings is 1. The predicted octanol–water partition coefficient (Wildman–Crippen LogP) is 1.37. The van der Waals surface area contributed by atoms with Crippen molar-refractivity contribution in [2.45, 2.75) is 17.6 Å². The van der Waals surface area contributed by atoms with Crippen LogP contribution in [0.15, 0.2) is 46.0 Å². The van der Waals surface area contributed by atoms with Crippen molar-refractivity contribution in [1.29, 1.82) is 0 Å². The lowest BCUT2D eigenvalue weighted by Crippen LogP contribution is -2.52. The number of carbonyl (C=O) groups excluding carboxylic acids is 2. The molecule has 2 aromatic rings. The van der Waals surface area contributed by atoms with Gasteiger partial charge in [0.15, 0.2) is 0 Å². The molecular formula is C20H26N4O4S2. The molecule has 0 saturated carbocycles. The number of rotatable bonds is 8. The number of benzene rings is 1. The first-order valence-electron chi connectivity index (χ1n) is 9.80. The molecule has 0 bridgehead atoms. The first kappa shape index (κ1) is 22.4. The average Bonchev–Trinajstić information content (AvgIpc) is 3.29. The van der Waals surface area contributed by atoms with E-state index in [1.165, 1.54) is 6.07 Å². The van der Waals surface area contributed by atoms with Crippen LogP contribution in [0, 0.1) is 0 Å². The molecule has 3 rings (SSSR count). The lowest BCUT2D eigenvalue weighted by molar-refractivity contribution is -0.131. The van der Waals surface area contributed by atoms with E-state index >= 15 is 0 Å². The molecular weight excluding hydrogens is 424 g/mol. The Balaban J connectivity index is 1.43. The average molecular weight is 451 g/mol. The Kier molecular flexibility index (Phi) is 7.59. The summed E-state index contributed by atoms with van der Waals surface area (Å²) in [6.45, 7) is 4.07. The minimum absolute atomic E-state index is 0.0839. The van der Waals surface area contributed by atoms with Gasteiger partial charge in [-0.05, 0) is 29.5 Å². The molecule has 1 aliphatic heterocycles. The second-order valence-electron chi connectivity index (χ2n) is 6.97. The minimum Gasteiger partial charge on any atom is -0.339 e. The highest BCUT2D eigenvalue weighted by molar-refractivity contribution is 7.91. The summed E-state index contributed by atoms with van der Waals surface area (Å²) in [4.78, 5) is 28.4. The lowest BCUT2D eigenvalue weighted by atomic mass is 10.1. The van der Waals surface area contributed by atoms with Crippen LogP contribution in [-0.4, -0.2) is 69.3 Å². The van der Waals surface area contributed by atoms with Gasteiger partial charge in [-0.1, -0.05) is 31.2 Å². The highest BCUT2D eigenvalue weighted by Gasteiger charge is 2.24. The van der Waals surface area contributed by atoms with Crippen LogP contribution in [0.4, 0.5) is 5.69 Å². The molecule has 0 atom stereocenters. The van der Waals surface area contributed by atoms with E-state index in [1.807, 2.05) is 36.1 Å². The fourth-order valence-electron chi connectivity index (χ4n) is 3.25. The molecule has 8 nitrogen and oxygen atoms in total. The number of para-hydroxylation sites is 1. The van der Waals surface area contributed by atoms with Crippen LogP contribution < -0.4 is 10.0 Å². The molecule has 0 spiro atoms. The van der Waals surface area contributed by atoms with Gasteiger partial charge < -0.3 is 10.2 Å². The molecule has 1 fully saturated rings. The maximum atomic E-state index is 12.4. The monoisotopic (exact) mass is 450 g/mol. The topological polar surface area (TPSA) is 98.8 Å². The highest BCUT2D eigenvalue weighted by atomic mass is 32.2. The van der Waals surface area contributed by atoms with Gasteiger partial charge in [0.05, 0.1) is 13.1 Å². The van der Waals surface area contributed by atoms with Gasteiger partial charge in [0.2, 0.25) is 11.8 Å². The van der Waals surface area contributed by atoms with Crippen molar-refractivity contribution < 1.29 is 18.0 Å². The van der Waals surface area contributed by atoms with Crippen molar-refractivity contribution >= 4 is 38.9 Å². The Morgan fingerprint density at radius 1 is 1.07 bits per heavy atom. The Morgan fingerprint density at radius 3 is 2.47 bits per heavy atom. The SMILES string of the molecule is CCc1ccccc1NC(=O)CN1CCN(C(=O)CNS(=O)(=O)c2cccs2)CC1. The van der Waals surface area contributed by atoms with Crippen LogP contribution in [0.5, 0.6) is 0 Å². The molecule has 2 amide bonds. The first-order chi connectivity index (χ1) is 14.4. The van der Waals surface area contributed by atoms with E-state index in [1.54, 1.807) is 16.3 Å². The number of hydrogen-bond donors (Lipinski definition) is 2. The van der Waals surface area contributed by atoms with Crippen LogP contribution in [0.3, 0.4) is 0 Å². The predicted molar refractivity (Wildman–Crippen MR) is 117 cm³/mol. The summed E-state index contributed by atoms with van der Waals surface area (Å²) < 4.78 is 26.8. The van der Waals surface area contributed by atoms with Gasteiger partial charge >= 0.3 is 0 Å². The molecule has 0 aliphatic carbocycles. The van der Waals surface area contributed by atoms with Crippen molar-refractivity contribution in [1.82, 2.24) is 14.5 Å². The molecule has 30 heavy (non-hydrogen) atoms. The van der Waals surface area contributed by atoms with Crippen molar-refractivity contribution in [3.63, 3.8) is 0 Å². The third kappa shape index (κ3) is 5.88. The van der Waals surface area contributed by atoms with E-state index in [-0.39, 0.29) is 29.1 Å². The Bertz CT molecular complexity index is 968. The standard InChI is InChI=1S/C20H26N4O4S2/c1-2-16-6-3-4-7-17(16)22-18(25)15-23-9-11-24(12-10-23)19(26)14-21-30(27,28)20-8-5-13-29-20/h3-8,13,21H,2,9-12,14-15H2,1H3,(H,22,25). The van der Waals surface area contributed by atoms with Crippen LogP contribution >= 0.6 is 11.3 Å². The smallest absolute Gasteiger partial charge is 0.250 e. The molecule has 10 heteroatoms. The quantitative estimate of drug-likeness (QED) is 0.633. The fourth-order valence-corrected chi connectivity index (χ4v) is 5.27. The van der Waals surface area contributed by atoms with Gasteiger partial charge in [-0.15, -0.1) is 11.3 Å². The van der Waals surface area contributed by atoms with Gasteiger partial charge in [0.1, 0.15) is 4.21 Å². The maximum Gasteiger partial charge on any atom is 0.250 e. The number of amides is 2. The molecule has 2 heterocycles. The molecule has 0 unspecified atom stereocenters. The largest absolute Gasteiger partial charge is 0.339 e. The fraction of sp³-hybridized carbons (Fsp3) is 0.400. The van der Waals surface area contributed by atoms with Crippen molar-refractivity contribution in [3.05, 3.63) is 47.3 Å². The first-order valence-corrected chi connectivity index (χ1v) is 12.2. The van der Waals surface area contributed by atoms with Gasteiger partial charge in [-0.2, -0.15) is 0 Å². The highest BCUT2D eigenvalue weighted by Crippen LogP contribution is 2.16. The van der Waals surface area contributed by atoms with Gasteiger partial charge in [-0.25, -0.2) is 13.1 Å². The van der Waals surface area contributed by atoms with E-state index < -0.39 is 10.0 Å². The summed E-state index contributed by atoms with van der Waals surface area (Å²) in [5.74, 6) is -0.351. The zero-order chi connectivity index (χ0) is 21.6. The number of nitrogens with zero attached hydrogens (tertiary/aromatic N) is 2. The Hall–Kier alpha value is -2.27. The third-order valence-corrected chi connectivity index (χ3v) is 7.74. The molecule has 0 radical (unpaired) electrons. The molecule has 2 N–H and O–H groups in total. The number of carbonyl (C=O) groups is 2. The lowest BCUT2D eigenvalue weighted by Gasteiger charge is -2.34. The normalized spacial score (nSPS) is 15.2. The van der Waals surface area contributed by atoms with E-state index in [2.05, 4.69) is 10.0 Å². The van der Waals surface area contributed by atoms with E-state index in [0.29, 0.717) is 26.2 Å². The summed E-state index contributed by atoms with van der Waals surface area (Å²) in [6.07, 6.45) is 0.841. The van der Waals surface area contributed by atoms with Gasteiger partial charge in [-0.3, -0.25) is 14.5 Å². The van der Waals surface area contributed by atoms with Crippen molar-refractivity contribution in [2.24, 2.45) is 0 Å². The van der Waals surface area contributed by atoms with Gasteiger partial charge in [0.25, 0.3) is 10.0 Å². The van der Waals surface area contributed by atoms with Crippen LogP contribution in [0.1, 0.15) is 12.5 Å². The number of thiophene rings is 1. The zero-order valence-corrected chi connectivity index (χ0v) is 18.5. The molecule has 1 aromatic carbocycles. The summed E-state index contributed by atoms with van der Waals surface area (Å²) in [7, 11) is -3.66. The third-order valence-electron chi connectivity index (χ3n) is 4.94. The number of hydrogen-bond acceptors (Lipinski definition) is 6. The number of nitrogens with one attached hydrogen (secondary N) is 2. The molecule has 1 aliphatic rings. The summed E-state index contributed by atoms with van der Waals surface area (Å²) in [5.41, 5.74) is 1.92. The van der Waals surface area contributed by atoms with E-state index in [0.717, 1.165) is 29.0 Å². The molecule has 162 valence electrons. The Morgan fingerprint density at radius 2 is 1.80 bits per heavy atom. The molecule has 1 saturated heterocycles. The van der Waals surface area contributed by atoms with Crippen LogP contribution in [0.25, 0.3) is 0 Å². The van der Waals surface area contributed by atoms with Crippen LogP contribution in [-0.2, 0) is 26.0 Å². The van der Waals surface area contributed by atoms with E-state index in [4.69, 9.17) is 0 Å². The molecule has 1 aromatic heterocycles. The summed E-state index contributed by atoms with van der Waals surface area (Å²) in [6, 6.07) is 10.9. The number of anilines is 1. The number of sulfonamides is 1. The van der Waals surface area contributed by atoms with Gasteiger partial charge in [0, 0.05) is 31.9 Å². The zero-order valence-electron chi connectivity index (χ0n) is 16.8. The van der Waals surface area contributed by atoms with Crippen molar-refractivity contribution in [3.8, 4) is 0 Å². The minimum atomic E-state index is -3.66. The summed E-state index contributed by atoms with van der Waals surface area (Å²) >= 11 is 1.11. The van der Waals surface area contributed by atoms with E-state index in [9.17, 15) is 18.0 Å². The second-order valence-corrected chi connectivity index (χ2v) is 9.91. The maximum absolute atomic E-state index is 12.4. The number of aryl methyl sites for hydroxylation is 1. The second kappa shape index (κ2) is 10.2. The van der Waals surface area contributed by atoms with Crippen molar-refractivity contribution in [2.75, 3.05) is 44.6 Å². The summed E-state index contributed by atoms with van der Waals surface area (Å²) in [5, 5.41) is 4.63. The Labute approximate surface area is 180 Å². The van der Waals surface area contributed by atoms with Crippen LogP contribution in [0.2, 0.25) is 0 Å².